The number of benzene rings is 2. The van der Waals surface area contributed by atoms with Crippen LogP contribution in [0.4, 0.5) is 23.7 Å². The van der Waals surface area contributed by atoms with Crippen molar-refractivity contribution in [3.63, 3.8) is 0 Å². The normalized spacial score (nSPS) is 21.6. The lowest BCUT2D eigenvalue weighted by Crippen LogP contribution is -2.56. The van der Waals surface area contributed by atoms with Gasteiger partial charge in [-0.15, -0.1) is 0 Å². The number of anilines is 1. The highest BCUT2D eigenvalue weighted by Crippen LogP contribution is 2.39. The summed E-state index contributed by atoms with van der Waals surface area (Å²) >= 11 is 6.43. The van der Waals surface area contributed by atoms with Gasteiger partial charge in [0.25, 0.3) is 11.8 Å². The lowest BCUT2D eigenvalue weighted by Gasteiger charge is -2.39. The van der Waals surface area contributed by atoms with E-state index in [0.717, 1.165) is 23.0 Å². The number of methoxy groups -OCH3 is 1. The largest absolute Gasteiger partial charge is 0.453 e. The zero-order chi connectivity index (χ0) is 26.9. The van der Waals surface area contributed by atoms with Gasteiger partial charge in [0.2, 0.25) is 5.91 Å². The molecule has 3 N–H and O–H groups in total. The van der Waals surface area contributed by atoms with E-state index in [0.29, 0.717) is 0 Å². The van der Waals surface area contributed by atoms with E-state index < -0.39 is 66.7 Å². The molecule has 0 spiro atoms. The second-order valence-corrected chi connectivity index (χ2v) is 9.62. The Balaban J connectivity index is 1.80. The minimum absolute atomic E-state index is 0.00861. The van der Waals surface area contributed by atoms with Crippen LogP contribution in [-0.4, -0.2) is 60.5 Å². The van der Waals surface area contributed by atoms with Crippen molar-refractivity contribution in [1.82, 2.24) is 10.2 Å². The molecule has 3 atom stereocenters. The molecule has 0 aromatic heterocycles. The molecular weight excluding hydrogens is 513 g/mol. The highest BCUT2D eigenvalue weighted by atomic mass is 35.5. The van der Waals surface area contributed by atoms with E-state index in [1.54, 1.807) is 12.1 Å². The highest BCUT2D eigenvalue weighted by molar-refractivity contribution is 6.31. The van der Waals surface area contributed by atoms with E-state index in [9.17, 15) is 27.6 Å². The Hall–Kier alpha value is -3.31. The van der Waals surface area contributed by atoms with Crippen LogP contribution in [0.15, 0.2) is 48.5 Å². The maximum atomic E-state index is 14.3. The molecule has 1 saturated carbocycles. The number of hydrogen-bond donors (Lipinski definition) is 2. The fourth-order valence-corrected chi connectivity index (χ4v) is 4.99. The molecule has 2 aliphatic rings. The van der Waals surface area contributed by atoms with Crippen molar-refractivity contribution in [2.75, 3.05) is 18.6 Å². The lowest BCUT2D eigenvalue weighted by atomic mass is 9.87. The van der Waals surface area contributed by atoms with E-state index in [2.05, 4.69) is 5.32 Å². The number of carbonyl (C=O) groups is 3. The Morgan fingerprint density at radius 1 is 1.19 bits per heavy atom. The smallest absolute Gasteiger partial charge is 0.410 e. The van der Waals surface area contributed by atoms with E-state index in [-0.39, 0.29) is 29.2 Å². The van der Waals surface area contributed by atoms with E-state index in [1.165, 1.54) is 30.3 Å². The number of rotatable bonds is 6. The summed E-state index contributed by atoms with van der Waals surface area (Å²) in [4.78, 5) is 42.3. The zero-order valence-electron chi connectivity index (χ0n) is 19.9. The van der Waals surface area contributed by atoms with Crippen LogP contribution in [0, 0.1) is 5.82 Å². The molecule has 198 valence electrons. The number of halogens is 4. The molecule has 4 rings (SSSR count). The Labute approximate surface area is 216 Å². The van der Waals surface area contributed by atoms with Gasteiger partial charge in [-0.05, 0) is 30.7 Å². The van der Waals surface area contributed by atoms with Gasteiger partial charge in [-0.1, -0.05) is 35.9 Å². The molecule has 1 heterocycles. The van der Waals surface area contributed by atoms with Crippen molar-refractivity contribution in [3.05, 3.63) is 64.9 Å². The first-order chi connectivity index (χ1) is 17.5. The van der Waals surface area contributed by atoms with E-state index in [4.69, 9.17) is 22.1 Å². The van der Waals surface area contributed by atoms with Crippen LogP contribution in [0.1, 0.15) is 30.9 Å². The molecule has 37 heavy (non-hydrogen) atoms. The van der Waals surface area contributed by atoms with Crippen LogP contribution < -0.4 is 16.0 Å². The quantitative estimate of drug-likeness (QED) is 0.584. The van der Waals surface area contributed by atoms with Gasteiger partial charge in [-0.2, -0.15) is 0 Å². The molecule has 0 bridgehead atoms. The summed E-state index contributed by atoms with van der Waals surface area (Å²) in [5.74, 6) is -5.09. The summed E-state index contributed by atoms with van der Waals surface area (Å²) in [5, 5.41) is 2.70. The van der Waals surface area contributed by atoms with Crippen molar-refractivity contribution < 1.29 is 32.3 Å². The average Bonchev–Trinajstić information content (AvgIpc) is 3.22. The molecule has 8 nitrogen and oxygen atoms in total. The van der Waals surface area contributed by atoms with Gasteiger partial charge < -0.3 is 15.8 Å². The monoisotopic (exact) mass is 538 g/mol. The van der Waals surface area contributed by atoms with Crippen LogP contribution in [0.5, 0.6) is 0 Å². The second kappa shape index (κ2) is 10.6. The Bertz CT molecular complexity index is 1190. The fraction of sp³-hybridized carbons (Fsp3) is 0.400. The fourth-order valence-electron chi connectivity index (χ4n) is 4.75. The number of amides is 3. The van der Waals surface area contributed by atoms with Gasteiger partial charge in [-0.3, -0.25) is 19.4 Å². The molecule has 1 saturated heterocycles. The minimum Gasteiger partial charge on any atom is -0.453 e. The van der Waals surface area contributed by atoms with Crippen molar-refractivity contribution >= 4 is 35.2 Å². The summed E-state index contributed by atoms with van der Waals surface area (Å²) < 4.78 is 46.1. The average molecular weight is 539 g/mol. The molecule has 2 fully saturated rings. The Morgan fingerprint density at radius 3 is 2.51 bits per heavy atom. The number of nitrogens with one attached hydrogen (secondary N) is 1. The number of nitrogens with zero attached hydrogens (tertiary/aromatic N) is 2. The molecule has 1 aliphatic carbocycles. The van der Waals surface area contributed by atoms with Crippen LogP contribution in [0.2, 0.25) is 5.02 Å². The standard InChI is InChI=1S/C25H26ClF3N4O4/c1-37-24(36)32-13-15(30)10-20(32)23(35)33(17-6-4-5-14(27)9-17)21(18-7-2-3-8-19(18)26)22(34)31-16-11-25(28,29)12-16/h2-9,15-16,20-21H,10-13,30H2,1H3,(H,31,34)/t15-,20+,21+/m1/s1. The van der Waals surface area contributed by atoms with Crippen LogP contribution in [0.3, 0.4) is 0 Å². The maximum absolute atomic E-state index is 14.3. The van der Waals surface area contributed by atoms with Gasteiger partial charge in [0.05, 0.1) is 7.11 Å². The molecule has 0 unspecified atom stereocenters. The molecule has 0 radical (unpaired) electrons. The second-order valence-electron chi connectivity index (χ2n) is 9.22. The number of nitrogens with two attached hydrogens (primary N) is 1. The van der Waals surface area contributed by atoms with Crippen molar-refractivity contribution in [1.29, 1.82) is 0 Å². The first-order valence-electron chi connectivity index (χ1n) is 11.6. The number of hydrogen-bond acceptors (Lipinski definition) is 5. The summed E-state index contributed by atoms with van der Waals surface area (Å²) in [6, 6.07) is 7.29. The SMILES string of the molecule is COC(=O)N1C[C@H](N)C[C@H]1C(=O)N(c1cccc(F)c1)[C@H](C(=O)NC1CC(F)(F)C1)c1ccccc1Cl. The zero-order valence-corrected chi connectivity index (χ0v) is 20.6. The highest BCUT2D eigenvalue weighted by Gasteiger charge is 2.48. The van der Waals surface area contributed by atoms with Crippen LogP contribution in [0.25, 0.3) is 0 Å². The first-order valence-corrected chi connectivity index (χ1v) is 12.0. The third-order valence-electron chi connectivity index (χ3n) is 6.49. The Kier molecular flexibility index (Phi) is 7.65. The summed E-state index contributed by atoms with van der Waals surface area (Å²) in [7, 11) is 1.16. The molecule has 12 heteroatoms. The molecule has 2 aromatic carbocycles. The van der Waals surface area contributed by atoms with Crippen molar-refractivity contribution in [3.8, 4) is 0 Å². The number of likely N-dealkylation sites (tertiary alicyclic amines) is 1. The predicted molar refractivity (Wildman–Crippen MR) is 130 cm³/mol. The van der Waals surface area contributed by atoms with Gasteiger partial charge in [0.1, 0.15) is 17.9 Å². The van der Waals surface area contributed by atoms with Crippen molar-refractivity contribution in [2.24, 2.45) is 5.73 Å². The number of carbonyl (C=O) groups excluding carboxylic acids is 3. The van der Waals surface area contributed by atoms with Crippen molar-refractivity contribution in [2.45, 2.75) is 49.4 Å². The molecule has 1 aliphatic heterocycles. The van der Waals surface area contributed by atoms with E-state index >= 15 is 0 Å². The van der Waals surface area contributed by atoms with Gasteiger partial charge in [0, 0.05) is 47.7 Å². The molecule has 3 amide bonds. The topological polar surface area (TPSA) is 105 Å². The van der Waals surface area contributed by atoms with E-state index in [1.807, 2.05) is 0 Å². The lowest BCUT2D eigenvalue weighted by molar-refractivity contribution is -0.133. The molecular formula is C25H26ClF3N4O4. The minimum atomic E-state index is -2.89. The van der Waals surface area contributed by atoms with Crippen LogP contribution in [-0.2, 0) is 14.3 Å². The number of ether oxygens (including phenoxy) is 1. The first kappa shape index (κ1) is 26.7. The summed E-state index contributed by atoms with van der Waals surface area (Å²) in [6.45, 7) is 0.0280. The van der Waals surface area contributed by atoms with Gasteiger partial charge >= 0.3 is 6.09 Å². The number of alkyl halides is 2. The summed E-state index contributed by atoms with van der Waals surface area (Å²) in [6.07, 6.45) is -1.82. The maximum Gasteiger partial charge on any atom is 0.410 e. The summed E-state index contributed by atoms with van der Waals surface area (Å²) in [5.41, 5.74) is 6.25. The van der Waals surface area contributed by atoms with Crippen LogP contribution >= 0.6 is 11.6 Å². The Morgan fingerprint density at radius 2 is 1.89 bits per heavy atom. The van der Waals surface area contributed by atoms with Gasteiger partial charge in [0.15, 0.2) is 0 Å². The third kappa shape index (κ3) is 5.67. The third-order valence-corrected chi connectivity index (χ3v) is 6.84. The molecule has 2 aromatic rings. The predicted octanol–water partition coefficient (Wildman–Crippen LogP) is 3.64. The van der Waals surface area contributed by atoms with Gasteiger partial charge in [-0.25, -0.2) is 18.0 Å².